The quantitative estimate of drug-likeness (QED) is 0.515. The first-order chi connectivity index (χ1) is 14.0. The van der Waals surface area contributed by atoms with E-state index in [9.17, 15) is 9.59 Å². The van der Waals surface area contributed by atoms with E-state index in [0.29, 0.717) is 22.4 Å². The van der Waals surface area contributed by atoms with Gasteiger partial charge in [0.1, 0.15) is 11.3 Å². The third-order valence-corrected chi connectivity index (χ3v) is 5.36. The van der Waals surface area contributed by atoms with Gasteiger partial charge < -0.3 is 23.5 Å². The maximum Gasteiger partial charge on any atom is 0.355 e. The fourth-order valence-electron chi connectivity index (χ4n) is 3.27. The minimum absolute atomic E-state index is 0.127. The molecule has 3 aromatic rings. The predicted molar refractivity (Wildman–Crippen MR) is 111 cm³/mol. The van der Waals surface area contributed by atoms with Crippen LogP contribution in [-0.4, -0.2) is 44.9 Å². The monoisotopic (exact) mass is 461 g/mol. The highest BCUT2D eigenvalue weighted by molar-refractivity contribution is 9.10. The van der Waals surface area contributed by atoms with Crippen molar-refractivity contribution in [1.82, 2.24) is 4.57 Å². The molecule has 0 aliphatic rings. The molecule has 0 fully saturated rings. The van der Waals surface area contributed by atoms with Crippen molar-refractivity contribution in [3.8, 4) is 11.5 Å². The van der Waals surface area contributed by atoms with Crippen LogP contribution in [0.1, 0.15) is 26.4 Å². The van der Waals surface area contributed by atoms with Crippen LogP contribution in [0, 0.1) is 0 Å². The lowest BCUT2D eigenvalue weighted by atomic mass is 10.1. The Morgan fingerprint density at radius 3 is 2.17 bits per heavy atom. The van der Waals surface area contributed by atoms with E-state index in [-0.39, 0.29) is 17.8 Å². The van der Waals surface area contributed by atoms with Gasteiger partial charge in [-0.15, -0.1) is 0 Å². The van der Waals surface area contributed by atoms with Crippen LogP contribution in [0.3, 0.4) is 0 Å². The molecular weight excluding hydrogens is 442 g/mol. The highest BCUT2D eigenvalue weighted by atomic mass is 79.9. The molecule has 1 heterocycles. The largest absolute Gasteiger partial charge is 0.493 e. The summed E-state index contributed by atoms with van der Waals surface area (Å²) in [7, 11) is 5.66. The maximum absolute atomic E-state index is 12.6. The van der Waals surface area contributed by atoms with E-state index in [4.69, 9.17) is 18.9 Å². The summed E-state index contributed by atoms with van der Waals surface area (Å²) in [6.45, 7) is 0.281. The molecule has 0 saturated carbocycles. The Morgan fingerprint density at radius 1 is 0.931 bits per heavy atom. The molecular formula is C21H20BrNO6. The van der Waals surface area contributed by atoms with Crippen LogP contribution in [0.25, 0.3) is 10.9 Å². The molecule has 1 aromatic heterocycles. The fourth-order valence-corrected chi connectivity index (χ4v) is 3.72. The zero-order valence-electron chi connectivity index (χ0n) is 16.4. The van der Waals surface area contributed by atoms with Crippen LogP contribution in [-0.2, 0) is 16.0 Å². The number of para-hydroxylation sites is 1. The standard InChI is InChI=1S/C21H20BrNO6/c1-26-16-9-12(14(22)10-17(16)27-2)11-23-15-8-6-5-7-13(15)18(20(24)28-3)19(23)21(25)29-4/h5-10H,11H2,1-4H3. The zero-order valence-corrected chi connectivity index (χ0v) is 18.0. The lowest BCUT2D eigenvalue weighted by molar-refractivity contribution is 0.0549. The Balaban J connectivity index is 2.27. The number of carbonyl (C=O) groups is 2. The summed E-state index contributed by atoms with van der Waals surface area (Å²) in [5.74, 6) is -0.108. The van der Waals surface area contributed by atoms with Crippen LogP contribution >= 0.6 is 15.9 Å². The van der Waals surface area contributed by atoms with E-state index < -0.39 is 11.9 Å². The predicted octanol–water partition coefficient (Wildman–Crippen LogP) is 4.04. The van der Waals surface area contributed by atoms with Gasteiger partial charge in [0.2, 0.25) is 0 Å². The number of rotatable bonds is 6. The normalized spacial score (nSPS) is 10.7. The van der Waals surface area contributed by atoms with Gasteiger partial charge in [-0.2, -0.15) is 0 Å². The Bertz CT molecular complexity index is 1090. The van der Waals surface area contributed by atoms with Crippen LogP contribution < -0.4 is 9.47 Å². The first-order valence-electron chi connectivity index (χ1n) is 8.65. The summed E-state index contributed by atoms with van der Waals surface area (Å²) in [6, 6.07) is 10.9. The zero-order chi connectivity index (χ0) is 21.1. The number of nitrogens with zero attached hydrogens (tertiary/aromatic N) is 1. The second-order valence-corrected chi connectivity index (χ2v) is 6.96. The van der Waals surface area contributed by atoms with Crippen molar-refractivity contribution in [2.75, 3.05) is 28.4 Å². The van der Waals surface area contributed by atoms with Crippen molar-refractivity contribution in [3.63, 3.8) is 0 Å². The molecule has 0 amide bonds. The molecule has 29 heavy (non-hydrogen) atoms. The Morgan fingerprint density at radius 2 is 1.55 bits per heavy atom. The Hall–Kier alpha value is -3.00. The average molecular weight is 462 g/mol. The highest BCUT2D eigenvalue weighted by Crippen LogP contribution is 2.35. The summed E-state index contributed by atoms with van der Waals surface area (Å²) in [5.41, 5.74) is 1.83. The first kappa shape index (κ1) is 20.7. The number of ether oxygens (including phenoxy) is 4. The maximum atomic E-state index is 12.6. The number of carbonyl (C=O) groups excluding carboxylic acids is 2. The number of methoxy groups -OCH3 is 4. The smallest absolute Gasteiger partial charge is 0.355 e. The summed E-state index contributed by atoms with van der Waals surface area (Å²) in [5, 5.41) is 0.608. The highest BCUT2D eigenvalue weighted by Gasteiger charge is 2.29. The number of hydrogen-bond acceptors (Lipinski definition) is 6. The van der Waals surface area contributed by atoms with E-state index >= 15 is 0 Å². The number of fused-ring (bicyclic) bond motifs is 1. The van der Waals surface area contributed by atoms with Crippen molar-refractivity contribution in [2.24, 2.45) is 0 Å². The number of hydrogen-bond donors (Lipinski definition) is 0. The van der Waals surface area contributed by atoms with Crippen molar-refractivity contribution in [3.05, 3.63) is 57.7 Å². The Kier molecular flexibility index (Phi) is 6.12. The van der Waals surface area contributed by atoms with E-state index in [2.05, 4.69) is 15.9 Å². The van der Waals surface area contributed by atoms with Gasteiger partial charge in [-0.1, -0.05) is 34.1 Å². The van der Waals surface area contributed by atoms with Crippen molar-refractivity contribution in [1.29, 1.82) is 0 Å². The first-order valence-corrected chi connectivity index (χ1v) is 9.44. The number of esters is 2. The third kappa shape index (κ3) is 3.67. The van der Waals surface area contributed by atoms with Gasteiger partial charge in [-0.25, -0.2) is 9.59 Å². The van der Waals surface area contributed by atoms with Crippen molar-refractivity contribution >= 4 is 38.8 Å². The molecule has 0 bridgehead atoms. The summed E-state index contributed by atoms with van der Waals surface area (Å²) in [4.78, 5) is 25.1. The van der Waals surface area contributed by atoms with Gasteiger partial charge >= 0.3 is 11.9 Å². The van der Waals surface area contributed by atoms with Gasteiger partial charge in [0.25, 0.3) is 0 Å². The number of halogens is 1. The van der Waals surface area contributed by atoms with E-state index in [1.165, 1.54) is 14.2 Å². The minimum Gasteiger partial charge on any atom is -0.493 e. The fraction of sp³-hybridized carbons (Fsp3) is 0.238. The molecule has 7 nitrogen and oxygen atoms in total. The second kappa shape index (κ2) is 8.57. The summed E-state index contributed by atoms with van der Waals surface area (Å²) >= 11 is 3.54. The second-order valence-electron chi connectivity index (χ2n) is 6.11. The van der Waals surface area contributed by atoms with Gasteiger partial charge in [0, 0.05) is 21.9 Å². The van der Waals surface area contributed by atoms with Gasteiger partial charge in [-0.3, -0.25) is 0 Å². The van der Waals surface area contributed by atoms with Crippen molar-refractivity contribution < 1.29 is 28.5 Å². The van der Waals surface area contributed by atoms with E-state index in [1.54, 1.807) is 37.0 Å². The molecule has 152 valence electrons. The lowest BCUT2D eigenvalue weighted by Crippen LogP contribution is -2.16. The van der Waals surface area contributed by atoms with E-state index in [0.717, 1.165) is 10.0 Å². The molecule has 0 radical (unpaired) electrons. The average Bonchev–Trinajstić information content (AvgIpc) is 3.07. The molecule has 0 aliphatic heterocycles. The SMILES string of the molecule is COC(=O)c1c(C(=O)OC)n(Cc2cc(OC)c(OC)cc2Br)c2ccccc12. The number of benzene rings is 2. The van der Waals surface area contributed by atoms with Gasteiger partial charge in [-0.05, 0) is 23.8 Å². The number of aromatic nitrogens is 1. The molecule has 3 rings (SSSR count). The molecule has 0 unspecified atom stereocenters. The van der Waals surface area contributed by atoms with Crippen LogP contribution in [0.2, 0.25) is 0 Å². The summed E-state index contributed by atoms with van der Waals surface area (Å²) in [6.07, 6.45) is 0. The molecule has 0 aliphatic carbocycles. The molecule has 0 N–H and O–H groups in total. The molecule has 0 spiro atoms. The molecule has 0 atom stereocenters. The van der Waals surface area contributed by atoms with Gasteiger partial charge in [0.15, 0.2) is 11.5 Å². The van der Waals surface area contributed by atoms with Gasteiger partial charge in [0.05, 0.1) is 28.4 Å². The Labute approximate surface area is 176 Å². The molecule has 0 saturated heterocycles. The summed E-state index contributed by atoms with van der Waals surface area (Å²) < 4.78 is 23.1. The topological polar surface area (TPSA) is 76.0 Å². The van der Waals surface area contributed by atoms with Crippen LogP contribution in [0.15, 0.2) is 40.9 Å². The molecule has 2 aromatic carbocycles. The minimum atomic E-state index is -0.627. The van der Waals surface area contributed by atoms with Crippen molar-refractivity contribution in [2.45, 2.75) is 6.54 Å². The van der Waals surface area contributed by atoms with Crippen LogP contribution in [0.5, 0.6) is 11.5 Å². The molecule has 8 heteroatoms. The lowest BCUT2D eigenvalue weighted by Gasteiger charge is -2.15. The third-order valence-electron chi connectivity index (χ3n) is 4.62. The van der Waals surface area contributed by atoms with Crippen LogP contribution in [0.4, 0.5) is 0 Å². The van der Waals surface area contributed by atoms with E-state index in [1.807, 2.05) is 18.2 Å².